The van der Waals surface area contributed by atoms with Crippen LogP contribution in [0.5, 0.6) is 0 Å². The SMILES string of the molecule is CC(C)n1cccc1C(=O)N1CCC[C@@H](c2nnc(Cn3ccnc3)n2C)C1. The zero-order valence-electron chi connectivity index (χ0n) is 16.7. The minimum atomic E-state index is 0.101. The summed E-state index contributed by atoms with van der Waals surface area (Å²) in [5.41, 5.74) is 0.759. The van der Waals surface area contributed by atoms with E-state index in [1.54, 1.807) is 12.5 Å². The summed E-state index contributed by atoms with van der Waals surface area (Å²) in [6.45, 7) is 6.30. The molecule has 0 unspecified atom stereocenters. The highest BCUT2D eigenvalue weighted by Crippen LogP contribution is 2.27. The lowest BCUT2D eigenvalue weighted by atomic mass is 9.97. The number of amides is 1. The van der Waals surface area contributed by atoms with Gasteiger partial charge in [0.2, 0.25) is 0 Å². The van der Waals surface area contributed by atoms with Crippen LogP contribution in [0, 0.1) is 0 Å². The molecule has 0 N–H and O–H groups in total. The van der Waals surface area contributed by atoms with Gasteiger partial charge in [0.25, 0.3) is 5.91 Å². The zero-order chi connectivity index (χ0) is 19.7. The van der Waals surface area contributed by atoms with Gasteiger partial charge in [0.05, 0.1) is 12.9 Å². The van der Waals surface area contributed by atoms with E-state index in [4.69, 9.17) is 0 Å². The van der Waals surface area contributed by atoms with Gasteiger partial charge in [-0.1, -0.05) is 0 Å². The van der Waals surface area contributed by atoms with Gasteiger partial charge in [-0.15, -0.1) is 10.2 Å². The molecule has 28 heavy (non-hydrogen) atoms. The van der Waals surface area contributed by atoms with E-state index in [1.807, 2.05) is 45.6 Å². The van der Waals surface area contributed by atoms with Crippen LogP contribution in [-0.4, -0.2) is 52.8 Å². The molecule has 4 heterocycles. The number of aromatic nitrogens is 6. The van der Waals surface area contributed by atoms with Crippen LogP contribution >= 0.6 is 0 Å². The normalized spacial score (nSPS) is 17.4. The first-order valence-corrected chi connectivity index (χ1v) is 9.84. The van der Waals surface area contributed by atoms with Crippen molar-refractivity contribution in [3.63, 3.8) is 0 Å². The molecular formula is C20H27N7O. The highest BCUT2D eigenvalue weighted by atomic mass is 16.2. The molecule has 4 rings (SSSR count). The first kappa shape index (κ1) is 18.5. The summed E-state index contributed by atoms with van der Waals surface area (Å²) in [5, 5.41) is 8.84. The Morgan fingerprint density at radius 2 is 2.14 bits per heavy atom. The minimum absolute atomic E-state index is 0.101. The van der Waals surface area contributed by atoms with Crippen LogP contribution < -0.4 is 0 Å². The number of carbonyl (C=O) groups excluding carboxylic acids is 1. The molecule has 0 radical (unpaired) electrons. The predicted molar refractivity (Wildman–Crippen MR) is 105 cm³/mol. The molecule has 1 fully saturated rings. The van der Waals surface area contributed by atoms with Crippen molar-refractivity contribution in [1.82, 2.24) is 33.8 Å². The topological polar surface area (TPSA) is 73.8 Å². The second kappa shape index (κ2) is 7.61. The molecule has 1 aliphatic heterocycles. The highest BCUT2D eigenvalue weighted by Gasteiger charge is 2.30. The van der Waals surface area contributed by atoms with Crippen LogP contribution in [0.2, 0.25) is 0 Å². The Labute approximate surface area is 164 Å². The summed E-state index contributed by atoms with van der Waals surface area (Å²) < 4.78 is 6.08. The van der Waals surface area contributed by atoms with Gasteiger partial charge in [-0.25, -0.2) is 4.98 Å². The van der Waals surface area contributed by atoms with Gasteiger partial charge < -0.3 is 18.6 Å². The van der Waals surface area contributed by atoms with Crippen molar-refractivity contribution in [3.8, 4) is 0 Å². The van der Waals surface area contributed by atoms with Gasteiger partial charge in [0, 0.05) is 50.7 Å². The largest absolute Gasteiger partial charge is 0.341 e. The molecule has 8 heteroatoms. The van der Waals surface area contributed by atoms with Crippen molar-refractivity contribution >= 4 is 5.91 Å². The number of carbonyl (C=O) groups is 1. The molecule has 0 aliphatic carbocycles. The summed E-state index contributed by atoms with van der Waals surface area (Å²) >= 11 is 0. The summed E-state index contributed by atoms with van der Waals surface area (Å²) in [6, 6.07) is 4.12. The van der Waals surface area contributed by atoms with E-state index in [1.165, 1.54) is 0 Å². The van der Waals surface area contributed by atoms with Gasteiger partial charge in [-0.2, -0.15) is 0 Å². The molecule has 1 aliphatic rings. The van der Waals surface area contributed by atoms with Gasteiger partial charge in [0.1, 0.15) is 11.5 Å². The van der Waals surface area contributed by atoms with E-state index in [9.17, 15) is 4.79 Å². The lowest BCUT2D eigenvalue weighted by Crippen LogP contribution is -2.40. The van der Waals surface area contributed by atoms with E-state index >= 15 is 0 Å². The monoisotopic (exact) mass is 381 g/mol. The Bertz CT molecular complexity index is 938. The fourth-order valence-corrected chi connectivity index (χ4v) is 3.97. The van der Waals surface area contributed by atoms with Gasteiger partial charge in [-0.05, 0) is 38.8 Å². The number of hydrogen-bond donors (Lipinski definition) is 0. The summed E-state index contributed by atoms with van der Waals surface area (Å²) in [4.78, 5) is 19.2. The third kappa shape index (κ3) is 3.46. The molecule has 8 nitrogen and oxygen atoms in total. The molecule has 1 atom stereocenters. The van der Waals surface area contributed by atoms with Gasteiger partial charge >= 0.3 is 0 Å². The maximum Gasteiger partial charge on any atom is 0.270 e. The molecule has 0 aromatic carbocycles. The maximum absolute atomic E-state index is 13.1. The first-order valence-electron chi connectivity index (χ1n) is 9.84. The number of likely N-dealkylation sites (tertiary alicyclic amines) is 1. The van der Waals surface area contributed by atoms with Crippen molar-refractivity contribution in [2.75, 3.05) is 13.1 Å². The summed E-state index contributed by atoms with van der Waals surface area (Å²) in [6.07, 6.45) is 9.42. The minimum Gasteiger partial charge on any atom is -0.341 e. The average Bonchev–Trinajstić information content (AvgIpc) is 3.44. The van der Waals surface area contributed by atoms with E-state index in [0.717, 1.165) is 36.7 Å². The molecule has 0 bridgehead atoms. The lowest BCUT2D eigenvalue weighted by molar-refractivity contribution is 0.0691. The van der Waals surface area contributed by atoms with Crippen molar-refractivity contribution in [3.05, 3.63) is 54.4 Å². The van der Waals surface area contributed by atoms with Crippen molar-refractivity contribution in [2.24, 2.45) is 7.05 Å². The molecule has 3 aromatic heterocycles. The van der Waals surface area contributed by atoms with Crippen LogP contribution in [0.25, 0.3) is 0 Å². The number of imidazole rings is 1. The Hall–Kier alpha value is -2.90. The standard InChI is InChI=1S/C20H27N7O/c1-15(2)27-10-5-7-17(27)20(28)26-9-4-6-16(12-26)19-23-22-18(24(19)3)13-25-11-8-21-14-25/h5,7-8,10-11,14-16H,4,6,9,12-13H2,1-3H3/t16-/m1/s1. The maximum atomic E-state index is 13.1. The highest BCUT2D eigenvalue weighted by molar-refractivity contribution is 5.93. The van der Waals surface area contributed by atoms with Crippen LogP contribution in [0.3, 0.4) is 0 Å². The third-order valence-electron chi connectivity index (χ3n) is 5.51. The third-order valence-corrected chi connectivity index (χ3v) is 5.51. The summed E-state index contributed by atoms with van der Waals surface area (Å²) in [5.74, 6) is 2.15. The predicted octanol–water partition coefficient (Wildman–Crippen LogP) is 2.46. The zero-order valence-corrected chi connectivity index (χ0v) is 16.7. The first-order chi connectivity index (χ1) is 13.5. The Morgan fingerprint density at radius 1 is 1.29 bits per heavy atom. The van der Waals surface area contributed by atoms with Gasteiger partial charge in [-0.3, -0.25) is 4.79 Å². The molecule has 148 valence electrons. The Morgan fingerprint density at radius 3 is 2.89 bits per heavy atom. The van der Waals surface area contributed by atoms with Crippen LogP contribution in [0.15, 0.2) is 37.1 Å². The molecule has 0 saturated carbocycles. The average molecular weight is 381 g/mol. The fourth-order valence-electron chi connectivity index (χ4n) is 3.97. The van der Waals surface area contributed by atoms with Crippen molar-refractivity contribution in [2.45, 2.75) is 45.2 Å². The second-order valence-corrected chi connectivity index (χ2v) is 7.75. The van der Waals surface area contributed by atoms with Crippen LogP contribution in [0.1, 0.15) is 60.8 Å². The van der Waals surface area contributed by atoms with E-state index < -0.39 is 0 Å². The van der Waals surface area contributed by atoms with Gasteiger partial charge in [0.15, 0.2) is 5.82 Å². The number of hydrogen-bond acceptors (Lipinski definition) is 4. The Balaban J connectivity index is 1.50. The number of nitrogens with zero attached hydrogens (tertiary/aromatic N) is 7. The molecule has 3 aromatic rings. The summed E-state index contributed by atoms with van der Waals surface area (Å²) in [7, 11) is 2.01. The molecule has 0 spiro atoms. The second-order valence-electron chi connectivity index (χ2n) is 7.75. The van der Waals surface area contributed by atoms with Crippen LogP contribution in [-0.2, 0) is 13.6 Å². The van der Waals surface area contributed by atoms with E-state index in [2.05, 4.69) is 33.6 Å². The fraction of sp³-hybridized carbons (Fsp3) is 0.500. The van der Waals surface area contributed by atoms with Crippen LogP contribution in [0.4, 0.5) is 0 Å². The molecular weight excluding hydrogens is 354 g/mol. The van der Waals surface area contributed by atoms with E-state index in [0.29, 0.717) is 13.1 Å². The Kier molecular flexibility index (Phi) is 5.02. The quantitative estimate of drug-likeness (QED) is 0.680. The van der Waals surface area contributed by atoms with Crippen molar-refractivity contribution < 1.29 is 4.79 Å². The number of rotatable bonds is 5. The number of piperidine rings is 1. The molecule has 1 saturated heterocycles. The smallest absolute Gasteiger partial charge is 0.270 e. The van der Waals surface area contributed by atoms with E-state index in [-0.39, 0.29) is 17.9 Å². The molecule has 1 amide bonds. The van der Waals surface area contributed by atoms with Crippen molar-refractivity contribution in [1.29, 1.82) is 0 Å². The lowest BCUT2D eigenvalue weighted by Gasteiger charge is -2.32.